The lowest BCUT2D eigenvalue weighted by Gasteiger charge is -2.32. The number of aliphatic hydroxyl groups excluding tert-OH is 1. The van der Waals surface area contributed by atoms with E-state index in [0.717, 1.165) is 18.0 Å². The monoisotopic (exact) mass is 233 g/mol. The van der Waals surface area contributed by atoms with Gasteiger partial charge in [-0.15, -0.1) is 0 Å². The van der Waals surface area contributed by atoms with E-state index in [9.17, 15) is 0 Å². The second-order valence-electron chi connectivity index (χ2n) is 5.13. The first-order valence-electron chi connectivity index (χ1n) is 6.73. The second-order valence-corrected chi connectivity index (χ2v) is 5.13. The van der Waals surface area contributed by atoms with Crippen molar-refractivity contribution in [2.45, 2.75) is 39.3 Å². The molecule has 1 heterocycles. The SMILES string of the molecule is CCC1CCCN(Cc2ccc(CO)cc2)C1. The topological polar surface area (TPSA) is 23.5 Å². The van der Waals surface area contributed by atoms with Crippen LogP contribution in [0.25, 0.3) is 0 Å². The van der Waals surface area contributed by atoms with Gasteiger partial charge in [-0.05, 0) is 36.4 Å². The molecular formula is C15H23NO. The lowest BCUT2D eigenvalue weighted by Crippen LogP contribution is -2.34. The van der Waals surface area contributed by atoms with E-state index in [2.05, 4.69) is 24.0 Å². The van der Waals surface area contributed by atoms with Gasteiger partial charge in [0.05, 0.1) is 6.61 Å². The molecule has 0 spiro atoms. The van der Waals surface area contributed by atoms with Crippen LogP contribution in [0.4, 0.5) is 0 Å². The summed E-state index contributed by atoms with van der Waals surface area (Å²) in [5.41, 5.74) is 2.36. The Morgan fingerprint density at radius 1 is 1.24 bits per heavy atom. The van der Waals surface area contributed by atoms with E-state index in [0.29, 0.717) is 0 Å². The van der Waals surface area contributed by atoms with Crippen molar-refractivity contribution in [1.29, 1.82) is 0 Å². The molecule has 2 rings (SSSR count). The number of hydrogen-bond donors (Lipinski definition) is 1. The largest absolute Gasteiger partial charge is 0.392 e. The molecule has 2 nitrogen and oxygen atoms in total. The molecule has 1 aromatic carbocycles. The van der Waals surface area contributed by atoms with Gasteiger partial charge in [-0.2, -0.15) is 0 Å². The van der Waals surface area contributed by atoms with Gasteiger partial charge >= 0.3 is 0 Å². The van der Waals surface area contributed by atoms with Gasteiger partial charge in [-0.1, -0.05) is 37.6 Å². The number of aliphatic hydroxyl groups is 1. The van der Waals surface area contributed by atoms with Crippen LogP contribution in [-0.2, 0) is 13.2 Å². The highest BCUT2D eigenvalue weighted by atomic mass is 16.3. The fraction of sp³-hybridized carbons (Fsp3) is 0.600. The standard InChI is InChI=1S/C15H23NO/c1-2-13-4-3-9-16(10-13)11-14-5-7-15(12-17)8-6-14/h5-8,13,17H,2-4,9-12H2,1H3. The van der Waals surface area contributed by atoms with Gasteiger partial charge in [-0.25, -0.2) is 0 Å². The molecule has 1 atom stereocenters. The highest BCUT2D eigenvalue weighted by Crippen LogP contribution is 2.20. The van der Waals surface area contributed by atoms with Crippen LogP contribution in [0.1, 0.15) is 37.3 Å². The quantitative estimate of drug-likeness (QED) is 0.864. The van der Waals surface area contributed by atoms with Crippen molar-refractivity contribution in [2.75, 3.05) is 13.1 Å². The summed E-state index contributed by atoms with van der Waals surface area (Å²) in [5.74, 6) is 0.889. The van der Waals surface area contributed by atoms with E-state index in [-0.39, 0.29) is 6.61 Å². The van der Waals surface area contributed by atoms with E-state index in [1.807, 2.05) is 12.1 Å². The molecule has 1 unspecified atom stereocenters. The van der Waals surface area contributed by atoms with Crippen LogP contribution in [0.5, 0.6) is 0 Å². The first-order valence-corrected chi connectivity index (χ1v) is 6.73. The lowest BCUT2D eigenvalue weighted by molar-refractivity contribution is 0.164. The van der Waals surface area contributed by atoms with Crippen molar-refractivity contribution in [3.63, 3.8) is 0 Å². The second kappa shape index (κ2) is 6.18. The van der Waals surface area contributed by atoms with Crippen LogP contribution in [-0.4, -0.2) is 23.1 Å². The molecule has 0 aliphatic carbocycles. The Labute approximate surface area is 104 Å². The zero-order valence-corrected chi connectivity index (χ0v) is 10.7. The Morgan fingerprint density at radius 3 is 2.59 bits per heavy atom. The first kappa shape index (κ1) is 12.6. The summed E-state index contributed by atoms with van der Waals surface area (Å²) in [4.78, 5) is 2.56. The Kier molecular flexibility index (Phi) is 4.57. The van der Waals surface area contributed by atoms with Gasteiger partial charge < -0.3 is 5.11 Å². The van der Waals surface area contributed by atoms with E-state index < -0.39 is 0 Å². The van der Waals surface area contributed by atoms with Crippen LogP contribution in [0.3, 0.4) is 0 Å². The molecule has 0 bridgehead atoms. The van der Waals surface area contributed by atoms with Crippen molar-refractivity contribution in [3.05, 3.63) is 35.4 Å². The number of rotatable bonds is 4. The van der Waals surface area contributed by atoms with Gasteiger partial charge in [0.2, 0.25) is 0 Å². The van der Waals surface area contributed by atoms with Crippen LogP contribution in [0, 0.1) is 5.92 Å². The molecule has 2 heteroatoms. The summed E-state index contributed by atoms with van der Waals surface area (Å²) in [7, 11) is 0. The van der Waals surface area contributed by atoms with Crippen LogP contribution in [0.15, 0.2) is 24.3 Å². The molecular weight excluding hydrogens is 210 g/mol. The molecule has 1 aliphatic heterocycles. The highest BCUT2D eigenvalue weighted by molar-refractivity contribution is 5.21. The lowest BCUT2D eigenvalue weighted by atomic mass is 9.95. The molecule has 1 aromatic rings. The Morgan fingerprint density at radius 2 is 1.94 bits per heavy atom. The molecule has 0 amide bonds. The summed E-state index contributed by atoms with van der Waals surface area (Å²) >= 11 is 0. The maximum absolute atomic E-state index is 9.01. The van der Waals surface area contributed by atoms with Gasteiger partial charge in [0.15, 0.2) is 0 Å². The third kappa shape index (κ3) is 3.55. The summed E-state index contributed by atoms with van der Waals surface area (Å²) in [6.45, 7) is 5.98. The molecule has 0 aromatic heterocycles. The van der Waals surface area contributed by atoms with E-state index in [4.69, 9.17) is 5.11 Å². The zero-order valence-electron chi connectivity index (χ0n) is 10.7. The van der Waals surface area contributed by atoms with Crippen molar-refractivity contribution < 1.29 is 5.11 Å². The Hall–Kier alpha value is -0.860. The Bertz CT molecular complexity index is 333. The van der Waals surface area contributed by atoms with Crippen molar-refractivity contribution in [3.8, 4) is 0 Å². The van der Waals surface area contributed by atoms with E-state index in [1.165, 1.54) is 37.9 Å². The van der Waals surface area contributed by atoms with Crippen LogP contribution >= 0.6 is 0 Å². The number of nitrogens with zero attached hydrogens (tertiary/aromatic N) is 1. The molecule has 0 radical (unpaired) electrons. The van der Waals surface area contributed by atoms with E-state index >= 15 is 0 Å². The third-order valence-corrected chi connectivity index (χ3v) is 3.79. The number of hydrogen-bond acceptors (Lipinski definition) is 2. The summed E-state index contributed by atoms with van der Waals surface area (Å²) < 4.78 is 0. The number of piperidine rings is 1. The molecule has 1 fully saturated rings. The zero-order chi connectivity index (χ0) is 12.1. The summed E-state index contributed by atoms with van der Waals surface area (Å²) in [6, 6.07) is 8.33. The maximum Gasteiger partial charge on any atom is 0.0681 e. The summed E-state index contributed by atoms with van der Waals surface area (Å²) in [6.07, 6.45) is 4.05. The number of likely N-dealkylation sites (tertiary alicyclic amines) is 1. The molecule has 1 saturated heterocycles. The minimum Gasteiger partial charge on any atom is -0.392 e. The normalized spacial score (nSPS) is 21.6. The summed E-state index contributed by atoms with van der Waals surface area (Å²) in [5, 5.41) is 9.01. The third-order valence-electron chi connectivity index (χ3n) is 3.79. The predicted molar refractivity (Wildman–Crippen MR) is 70.7 cm³/mol. The smallest absolute Gasteiger partial charge is 0.0681 e. The molecule has 17 heavy (non-hydrogen) atoms. The van der Waals surface area contributed by atoms with Crippen LogP contribution in [0.2, 0.25) is 0 Å². The van der Waals surface area contributed by atoms with Gasteiger partial charge in [0, 0.05) is 13.1 Å². The molecule has 1 aliphatic rings. The first-order chi connectivity index (χ1) is 8.31. The van der Waals surface area contributed by atoms with Crippen molar-refractivity contribution >= 4 is 0 Å². The predicted octanol–water partition coefficient (Wildman–Crippen LogP) is 2.80. The average molecular weight is 233 g/mol. The molecule has 0 saturated carbocycles. The van der Waals surface area contributed by atoms with Crippen LogP contribution < -0.4 is 0 Å². The van der Waals surface area contributed by atoms with Gasteiger partial charge in [0.25, 0.3) is 0 Å². The van der Waals surface area contributed by atoms with Crippen molar-refractivity contribution in [2.24, 2.45) is 5.92 Å². The minimum absolute atomic E-state index is 0.141. The Balaban J connectivity index is 1.90. The minimum atomic E-state index is 0.141. The van der Waals surface area contributed by atoms with Gasteiger partial charge in [0.1, 0.15) is 0 Å². The average Bonchev–Trinajstić information content (AvgIpc) is 2.40. The van der Waals surface area contributed by atoms with Gasteiger partial charge in [-0.3, -0.25) is 4.90 Å². The fourth-order valence-electron chi connectivity index (χ4n) is 2.64. The molecule has 94 valence electrons. The fourth-order valence-corrected chi connectivity index (χ4v) is 2.64. The maximum atomic E-state index is 9.01. The molecule has 1 N–H and O–H groups in total. The number of benzene rings is 1. The van der Waals surface area contributed by atoms with E-state index in [1.54, 1.807) is 0 Å². The highest BCUT2D eigenvalue weighted by Gasteiger charge is 2.18. The van der Waals surface area contributed by atoms with Crippen molar-refractivity contribution in [1.82, 2.24) is 4.90 Å².